The molecule has 3 rings (SSSR count). The average molecular weight is 352 g/mol. The van der Waals surface area contributed by atoms with Gasteiger partial charge >= 0.3 is 0 Å². The van der Waals surface area contributed by atoms with Crippen molar-refractivity contribution in [2.24, 2.45) is 0 Å². The SMILES string of the molecule is Cc1cccc(S(=O)(=O)NCc2cccc(-c3ccncc3C)c2)c1. The van der Waals surface area contributed by atoms with E-state index in [1.807, 2.05) is 56.4 Å². The minimum atomic E-state index is -3.53. The number of hydrogen-bond acceptors (Lipinski definition) is 3. The van der Waals surface area contributed by atoms with Crippen molar-refractivity contribution in [1.29, 1.82) is 0 Å². The van der Waals surface area contributed by atoms with Gasteiger partial charge in [-0.1, -0.05) is 30.3 Å². The van der Waals surface area contributed by atoms with Crippen molar-refractivity contribution in [3.63, 3.8) is 0 Å². The Kier molecular flexibility index (Phi) is 4.97. The van der Waals surface area contributed by atoms with Gasteiger partial charge in [-0.05, 0) is 65.9 Å². The van der Waals surface area contributed by atoms with Gasteiger partial charge in [0.25, 0.3) is 0 Å². The molecule has 4 nitrogen and oxygen atoms in total. The van der Waals surface area contributed by atoms with Crippen LogP contribution in [0.3, 0.4) is 0 Å². The maximum Gasteiger partial charge on any atom is 0.240 e. The van der Waals surface area contributed by atoms with Gasteiger partial charge in [-0.15, -0.1) is 0 Å². The minimum Gasteiger partial charge on any atom is -0.264 e. The normalized spacial score (nSPS) is 11.4. The van der Waals surface area contributed by atoms with Crippen molar-refractivity contribution in [1.82, 2.24) is 9.71 Å². The molecule has 0 aliphatic carbocycles. The fourth-order valence-electron chi connectivity index (χ4n) is 2.69. The van der Waals surface area contributed by atoms with E-state index in [4.69, 9.17) is 0 Å². The Morgan fingerprint density at radius 3 is 2.56 bits per heavy atom. The number of sulfonamides is 1. The monoisotopic (exact) mass is 352 g/mol. The largest absolute Gasteiger partial charge is 0.264 e. The quantitative estimate of drug-likeness (QED) is 0.759. The standard InChI is InChI=1S/C20H20N2O2S/c1-15-5-3-8-19(11-15)25(23,24)22-14-17-6-4-7-18(12-17)20-9-10-21-13-16(20)2/h3-13,22H,14H2,1-2H3. The van der Waals surface area contributed by atoms with E-state index < -0.39 is 10.0 Å². The highest BCUT2D eigenvalue weighted by molar-refractivity contribution is 7.89. The van der Waals surface area contributed by atoms with Crippen molar-refractivity contribution in [2.45, 2.75) is 25.3 Å². The molecule has 0 fully saturated rings. The summed E-state index contributed by atoms with van der Waals surface area (Å²) in [7, 11) is -3.53. The van der Waals surface area contributed by atoms with E-state index in [0.29, 0.717) is 0 Å². The molecule has 0 amide bonds. The second-order valence-electron chi connectivity index (χ2n) is 6.03. The Balaban J connectivity index is 1.80. The molecule has 1 heterocycles. The molecule has 0 radical (unpaired) electrons. The van der Waals surface area contributed by atoms with Gasteiger partial charge in [-0.3, -0.25) is 4.98 Å². The summed E-state index contributed by atoms with van der Waals surface area (Å²) in [5.74, 6) is 0. The topological polar surface area (TPSA) is 59.1 Å². The third-order valence-corrected chi connectivity index (χ3v) is 5.42. The van der Waals surface area contributed by atoms with Gasteiger partial charge in [0.05, 0.1) is 4.90 Å². The Hall–Kier alpha value is -2.50. The summed E-state index contributed by atoms with van der Waals surface area (Å²) in [6.45, 7) is 4.13. The molecule has 25 heavy (non-hydrogen) atoms. The van der Waals surface area contributed by atoms with E-state index in [9.17, 15) is 8.42 Å². The molecule has 2 aromatic carbocycles. The first kappa shape index (κ1) is 17.3. The first-order valence-corrected chi connectivity index (χ1v) is 9.50. The van der Waals surface area contributed by atoms with Gasteiger partial charge in [0.15, 0.2) is 0 Å². The summed E-state index contributed by atoms with van der Waals surface area (Å²) >= 11 is 0. The first-order valence-electron chi connectivity index (χ1n) is 8.02. The molecule has 0 unspecified atom stereocenters. The van der Waals surface area contributed by atoms with Crippen LogP contribution in [0.15, 0.2) is 71.9 Å². The second kappa shape index (κ2) is 7.17. The highest BCUT2D eigenvalue weighted by Gasteiger charge is 2.13. The third-order valence-electron chi connectivity index (χ3n) is 4.02. The zero-order valence-corrected chi connectivity index (χ0v) is 15.0. The Bertz CT molecular complexity index is 998. The fraction of sp³-hybridized carbons (Fsp3) is 0.150. The van der Waals surface area contributed by atoms with E-state index in [2.05, 4.69) is 9.71 Å². The van der Waals surface area contributed by atoms with Crippen LogP contribution in [0.1, 0.15) is 16.7 Å². The third kappa shape index (κ3) is 4.13. The predicted octanol–water partition coefficient (Wildman–Crippen LogP) is 3.84. The van der Waals surface area contributed by atoms with Gasteiger partial charge < -0.3 is 0 Å². The van der Waals surface area contributed by atoms with Crippen molar-refractivity contribution in [3.05, 3.63) is 83.7 Å². The molecule has 128 valence electrons. The number of hydrogen-bond donors (Lipinski definition) is 1. The maximum atomic E-state index is 12.4. The molecular formula is C20H20N2O2S. The number of aromatic nitrogens is 1. The van der Waals surface area contributed by atoms with E-state index in [1.165, 1.54) is 0 Å². The Labute approximate surface area is 148 Å². The van der Waals surface area contributed by atoms with Crippen LogP contribution in [0.25, 0.3) is 11.1 Å². The van der Waals surface area contributed by atoms with Crippen LogP contribution in [0, 0.1) is 13.8 Å². The molecule has 0 bridgehead atoms. The van der Waals surface area contributed by atoms with Crippen molar-refractivity contribution in [2.75, 3.05) is 0 Å². The summed E-state index contributed by atoms with van der Waals surface area (Å²) in [4.78, 5) is 4.40. The number of aryl methyl sites for hydroxylation is 2. The lowest BCUT2D eigenvalue weighted by atomic mass is 10.0. The number of nitrogens with one attached hydrogen (secondary N) is 1. The molecule has 3 aromatic rings. The van der Waals surface area contributed by atoms with Crippen LogP contribution in [0.4, 0.5) is 0 Å². The number of pyridine rings is 1. The summed E-state index contributed by atoms with van der Waals surface area (Å²) in [6, 6.07) is 16.7. The zero-order valence-electron chi connectivity index (χ0n) is 14.2. The molecule has 0 aliphatic heterocycles. The lowest BCUT2D eigenvalue weighted by molar-refractivity contribution is 0.581. The van der Waals surface area contributed by atoms with Gasteiger partial charge in [0, 0.05) is 18.9 Å². The van der Waals surface area contributed by atoms with Crippen LogP contribution in [-0.2, 0) is 16.6 Å². The zero-order chi connectivity index (χ0) is 17.9. The summed E-state index contributed by atoms with van der Waals surface area (Å²) in [6.07, 6.45) is 3.58. The molecule has 1 aromatic heterocycles. The number of benzene rings is 2. The number of nitrogens with zero attached hydrogens (tertiary/aromatic N) is 1. The molecule has 0 aliphatic rings. The van der Waals surface area contributed by atoms with Crippen molar-refractivity contribution >= 4 is 10.0 Å². The molecular weight excluding hydrogens is 332 g/mol. The van der Waals surface area contributed by atoms with Crippen LogP contribution < -0.4 is 4.72 Å². The van der Waals surface area contributed by atoms with Gasteiger partial charge in [-0.25, -0.2) is 13.1 Å². The summed E-state index contributed by atoms with van der Waals surface area (Å²) in [5.41, 5.74) is 5.05. The second-order valence-corrected chi connectivity index (χ2v) is 7.80. The fourth-order valence-corrected chi connectivity index (χ4v) is 3.81. The van der Waals surface area contributed by atoms with E-state index in [0.717, 1.165) is 27.8 Å². The van der Waals surface area contributed by atoms with E-state index >= 15 is 0 Å². The molecule has 0 atom stereocenters. The van der Waals surface area contributed by atoms with Crippen molar-refractivity contribution < 1.29 is 8.42 Å². The minimum absolute atomic E-state index is 0.244. The van der Waals surface area contributed by atoms with Crippen LogP contribution in [0.5, 0.6) is 0 Å². The van der Waals surface area contributed by atoms with Gasteiger partial charge in [0.1, 0.15) is 0 Å². The maximum absolute atomic E-state index is 12.4. The highest BCUT2D eigenvalue weighted by Crippen LogP contribution is 2.23. The van der Waals surface area contributed by atoms with Gasteiger partial charge in [-0.2, -0.15) is 0 Å². The Morgan fingerprint density at radius 1 is 1.00 bits per heavy atom. The highest BCUT2D eigenvalue weighted by atomic mass is 32.2. The smallest absolute Gasteiger partial charge is 0.240 e. The molecule has 0 saturated heterocycles. The molecule has 0 spiro atoms. The van der Waals surface area contributed by atoms with Crippen LogP contribution >= 0.6 is 0 Å². The van der Waals surface area contributed by atoms with Crippen molar-refractivity contribution in [3.8, 4) is 11.1 Å². The molecule has 5 heteroatoms. The molecule has 0 saturated carbocycles. The lowest BCUT2D eigenvalue weighted by Crippen LogP contribution is -2.23. The summed E-state index contributed by atoms with van der Waals surface area (Å²) in [5, 5.41) is 0. The van der Waals surface area contributed by atoms with Gasteiger partial charge in [0.2, 0.25) is 10.0 Å². The Morgan fingerprint density at radius 2 is 1.80 bits per heavy atom. The lowest BCUT2D eigenvalue weighted by Gasteiger charge is -2.10. The molecule has 1 N–H and O–H groups in total. The number of rotatable bonds is 5. The van der Waals surface area contributed by atoms with Crippen LogP contribution in [-0.4, -0.2) is 13.4 Å². The van der Waals surface area contributed by atoms with Crippen LogP contribution in [0.2, 0.25) is 0 Å². The first-order chi connectivity index (χ1) is 12.0. The van der Waals surface area contributed by atoms with E-state index in [-0.39, 0.29) is 11.4 Å². The van der Waals surface area contributed by atoms with E-state index in [1.54, 1.807) is 24.4 Å². The summed E-state index contributed by atoms with van der Waals surface area (Å²) < 4.78 is 27.6. The average Bonchev–Trinajstić information content (AvgIpc) is 2.61. The predicted molar refractivity (Wildman–Crippen MR) is 99.6 cm³/mol.